The van der Waals surface area contributed by atoms with Crippen molar-refractivity contribution in [2.75, 3.05) is 11.0 Å². The van der Waals surface area contributed by atoms with Crippen molar-refractivity contribution in [3.05, 3.63) is 65.2 Å². The molecule has 9 nitrogen and oxygen atoms in total. The predicted molar refractivity (Wildman–Crippen MR) is 125 cm³/mol. The second-order valence-electron chi connectivity index (χ2n) is 7.58. The van der Waals surface area contributed by atoms with Crippen molar-refractivity contribution < 1.29 is 32.0 Å². The van der Waals surface area contributed by atoms with Gasteiger partial charge < -0.3 is 11.1 Å². The molecule has 0 saturated carbocycles. The molecule has 1 unspecified atom stereocenters. The largest absolute Gasteiger partial charge is 0.338 e. The molecule has 2 rings (SSSR count). The van der Waals surface area contributed by atoms with Gasteiger partial charge in [0.15, 0.2) is 0 Å². The monoisotopic (exact) mass is 504 g/mol. The number of alkyl halides is 2. The smallest absolute Gasteiger partial charge is 0.268 e. The first-order valence-electron chi connectivity index (χ1n) is 9.85. The van der Waals surface area contributed by atoms with Crippen LogP contribution in [0.2, 0.25) is 0 Å². The molecule has 35 heavy (non-hydrogen) atoms. The van der Waals surface area contributed by atoms with E-state index in [1.807, 2.05) is 0 Å². The van der Waals surface area contributed by atoms with Crippen LogP contribution in [-0.4, -0.2) is 49.7 Å². The van der Waals surface area contributed by atoms with Gasteiger partial charge in [-0.05, 0) is 67.3 Å². The summed E-state index contributed by atoms with van der Waals surface area (Å²) in [6.45, 7) is 0.873. The fourth-order valence-corrected chi connectivity index (χ4v) is 3.22. The summed E-state index contributed by atoms with van der Waals surface area (Å²) < 4.78 is 51.2. The van der Waals surface area contributed by atoms with Crippen molar-refractivity contribution in [2.45, 2.75) is 24.9 Å². The molecule has 0 radical (unpaired) electrons. The number of hydrogen-bond donors (Lipinski definition) is 5. The summed E-state index contributed by atoms with van der Waals surface area (Å²) in [6.07, 6.45) is -2.11. The highest BCUT2D eigenvalue weighted by Gasteiger charge is 2.44. The second kappa shape index (κ2) is 11.4. The number of carbonyl (C=O) groups is 2. The van der Waals surface area contributed by atoms with E-state index >= 15 is 0 Å². The Morgan fingerprint density at radius 2 is 1.49 bits per heavy atom. The first-order valence-corrected chi connectivity index (χ1v) is 11.7. The van der Waals surface area contributed by atoms with Crippen LogP contribution in [-0.2, 0) is 14.8 Å². The number of carbonyl (C=O) groups excluding carboxylic acids is 2. The molecule has 184 valence electrons. The molecule has 0 heterocycles. The average molecular weight is 505 g/mol. The maximum Gasteiger partial charge on any atom is 0.268 e. The summed E-state index contributed by atoms with van der Waals surface area (Å²) in [7, 11) is -3.37. The Morgan fingerprint density at radius 3 is 1.91 bits per heavy atom. The molecule has 6 N–H and O–H groups in total. The Kier molecular flexibility index (Phi) is 8.92. The Balaban J connectivity index is 2.07. The SMILES string of the molecule is CC(N)(C(F)F)[C@H](NC(=O)c1ccc(C#CC#Cc2ccc(NS(C)(=O)=O)cc2)cc1)C(=O)NO. The van der Waals surface area contributed by atoms with Crippen molar-refractivity contribution >= 4 is 27.5 Å². The van der Waals surface area contributed by atoms with Gasteiger partial charge in [-0.2, -0.15) is 0 Å². The summed E-state index contributed by atoms with van der Waals surface area (Å²) in [5.74, 6) is 8.70. The lowest BCUT2D eigenvalue weighted by Gasteiger charge is -2.32. The number of sulfonamides is 1. The lowest BCUT2D eigenvalue weighted by atomic mass is 9.92. The third kappa shape index (κ3) is 8.08. The van der Waals surface area contributed by atoms with E-state index in [0.29, 0.717) is 16.8 Å². The normalized spacial score (nSPS) is 13.2. The minimum absolute atomic E-state index is 0.0465. The van der Waals surface area contributed by atoms with Crippen LogP contribution >= 0.6 is 0 Å². The number of anilines is 1. The van der Waals surface area contributed by atoms with Gasteiger partial charge in [0.2, 0.25) is 10.0 Å². The van der Waals surface area contributed by atoms with E-state index < -0.39 is 39.8 Å². The van der Waals surface area contributed by atoms with E-state index in [9.17, 15) is 26.8 Å². The molecule has 0 aliphatic carbocycles. The van der Waals surface area contributed by atoms with Crippen molar-refractivity contribution in [1.82, 2.24) is 10.8 Å². The molecule has 2 aromatic carbocycles. The standard InChI is InChI=1S/C23H22F2N4O5S/c1-23(26,22(24)25)19(21(31)28-32)27-20(30)17-11-7-15(8-12-17)5-3-4-6-16-9-13-18(14-10-16)29-35(2,33)34/h7-14,19,22,29,32H,26H2,1-2H3,(H,27,30)(H,28,31)/t19-,23?/m1/s1. The highest BCUT2D eigenvalue weighted by molar-refractivity contribution is 7.92. The molecule has 0 aliphatic rings. The van der Waals surface area contributed by atoms with Crippen molar-refractivity contribution in [3.63, 3.8) is 0 Å². The van der Waals surface area contributed by atoms with Crippen LogP contribution in [0.4, 0.5) is 14.5 Å². The van der Waals surface area contributed by atoms with Crippen LogP contribution < -0.4 is 21.3 Å². The molecule has 0 aromatic heterocycles. The minimum Gasteiger partial charge on any atom is -0.338 e. The number of amides is 2. The van der Waals surface area contributed by atoms with Gasteiger partial charge in [-0.25, -0.2) is 22.7 Å². The van der Waals surface area contributed by atoms with Gasteiger partial charge in [0.05, 0.1) is 6.26 Å². The highest BCUT2D eigenvalue weighted by Crippen LogP contribution is 2.18. The zero-order valence-corrected chi connectivity index (χ0v) is 19.4. The van der Waals surface area contributed by atoms with Crippen LogP contribution in [0, 0.1) is 23.7 Å². The van der Waals surface area contributed by atoms with Gasteiger partial charge in [0.1, 0.15) is 11.6 Å². The third-order valence-electron chi connectivity index (χ3n) is 4.55. The quantitative estimate of drug-likeness (QED) is 0.216. The van der Waals surface area contributed by atoms with Gasteiger partial charge in [0.25, 0.3) is 18.2 Å². The lowest BCUT2D eigenvalue weighted by Crippen LogP contribution is -2.66. The molecule has 0 spiro atoms. The molecular formula is C23H22F2N4O5S. The third-order valence-corrected chi connectivity index (χ3v) is 5.16. The zero-order valence-electron chi connectivity index (χ0n) is 18.6. The molecule has 0 saturated heterocycles. The summed E-state index contributed by atoms with van der Waals surface area (Å²) in [5, 5.41) is 10.9. The summed E-state index contributed by atoms with van der Waals surface area (Å²) in [5.41, 5.74) is 5.83. The van der Waals surface area contributed by atoms with Gasteiger partial charge in [-0.3, -0.25) is 19.5 Å². The van der Waals surface area contributed by atoms with Crippen LogP contribution in [0.3, 0.4) is 0 Å². The van der Waals surface area contributed by atoms with Gasteiger partial charge in [-0.15, -0.1) is 0 Å². The molecule has 2 atom stereocenters. The van der Waals surface area contributed by atoms with Gasteiger partial charge >= 0.3 is 0 Å². The van der Waals surface area contributed by atoms with E-state index in [0.717, 1.165) is 13.2 Å². The Hall–Kier alpha value is -3.97. The Labute approximate surface area is 201 Å². The number of hydrogen-bond acceptors (Lipinski definition) is 6. The number of hydroxylamine groups is 1. The Bertz CT molecular complexity index is 1300. The average Bonchev–Trinajstić information content (AvgIpc) is 2.79. The molecule has 12 heteroatoms. The van der Waals surface area contributed by atoms with Crippen LogP contribution in [0.25, 0.3) is 0 Å². The van der Waals surface area contributed by atoms with E-state index in [1.165, 1.54) is 29.7 Å². The summed E-state index contributed by atoms with van der Waals surface area (Å²) in [6, 6.07) is 10.2. The lowest BCUT2D eigenvalue weighted by molar-refractivity contribution is -0.134. The van der Waals surface area contributed by atoms with E-state index in [2.05, 4.69) is 33.7 Å². The van der Waals surface area contributed by atoms with E-state index in [1.54, 1.807) is 24.3 Å². The maximum atomic E-state index is 13.2. The first kappa shape index (κ1) is 27.3. The van der Waals surface area contributed by atoms with Crippen molar-refractivity contribution in [2.24, 2.45) is 5.73 Å². The van der Waals surface area contributed by atoms with Crippen LogP contribution in [0.15, 0.2) is 48.5 Å². The number of nitrogens with two attached hydrogens (primary N) is 1. The predicted octanol–water partition coefficient (Wildman–Crippen LogP) is 1.05. The second-order valence-corrected chi connectivity index (χ2v) is 9.33. The number of benzene rings is 2. The van der Waals surface area contributed by atoms with E-state index in [4.69, 9.17) is 10.9 Å². The number of halogens is 2. The Morgan fingerprint density at radius 1 is 1.00 bits per heavy atom. The fourth-order valence-electron chi connectivity index (χ4n) is 2.66. The molecular weight excluding hydrogens is 482 g/mol. The first-order chi connectivity index (χ1) is 16.3. The highest BCUT2D eigenvalue weighted by atomic mass is 32.2. The topological polar surface area (TPSA) is 151 Å². The maximum absolute atomic E-state index is 13.2. The van der Waals surface area contributed by atoms with Crippen LogP contribution in [0.1, 0.15) is 28.4 Å². The molecule has 0 fully saturated rings. The van der Waals surface area contributed by atoms with Gasteiger partial charge in [-0.1, -0.05) is 11.8 Å². The van der Waals surface area contributed by atoms with Gasteiger partial charge in [0, 0.05) is 22.4 Å². The molecule has 0 aliphatic heterocycles. The van der Waals surface area contributed by atoms with Crippen LogP contribution in [0.5, 0.6) is 0 Å². The zero-order chi connectivity index (χ0) is 26.2. The summed E-state index contributed by atoms with van der Waals surface area (Å²) >= 11 is 0. The number of nitrogens with one attached hydrogen (secondary N) is 3. The van der Waals surface area contributed by atoms with Crippen molar-refractivity contribution in [3.8, 4) is 23.7 Å². The minimum atomic E-state index is -3.37. The fraction of sp³-hybridized carbons (Fsp3) is 0.217. The molecule has 0 bridgehead atoms. The van der Waals surface area contributed by atoms with Crippen molar-refractivity contribution in [1.29, 1.82) is 0 Å². The summed E-state index contributed by atoms with van der Waals surface area (Å²) in [4.78, 5) is 24.2. The molecule has 2 amide bonds. The van der Waals surface area contributed by atoms with E-state index in [-0.39, 0.29) is 5.56 Å². The number of rotatable bonds is 7. The molecule has 2 aromatic rings.